The molecule has 0 aliphatic heterocycles. The van der Waals surface area contributed by atoms with E-state index >= 15 is 0 Å². The van der Waals surface area contributed by atoms with Crippen molar-refractivity contribution in [2.24, 2.45) is 4.99 Å². The fraction of sp³-hybridized carbons (Fsp3) is 0.529. The van der Waals surface area contributed by atoms with Crippen LogP contribution in [0.1, 0.15) is 41.0 Å². The van der Waals surface area contributed by atoms with Crippen molar-refractivity contribution in [3.05, 3.63) is 37.1 Å². The molecule has 0 rings (SSSR count). The van der Waals surface area contributed by atoms with Crippen LogP contribution in [-0.2, 0) is 4.74 Å². The first-order valence-electron chi connectivity index (χ1n) is 7.38. The first kappa shape index (κ1) is 20.0. The molecule has 0 unspecified atom stereocenters. The Bertz CT molecular complexity index is 459. The minimum atomic E-state index is -0.560. The first-order chi connectivity index (χ1) is 10.1. The molecule has 0 aromatic rings. The van der Waals surface area contributed by atoms with Crippen LogP contribution in [0.4, 0.5) is 4.79 Å². The number of allylic oxidation sites excluding steroid dienone is 2. The van der Waals surface area contributed by atoms with Crippen LogP contribution in [0.2, 0.25) is 0 Å². The van der Waals surface area contributed by atoms with E-state index in [9.17, 15) is 4.79 Å². The monoisotopic (exact) mass is 307 g/mol. The van der Waals surface area contributed by atoms with Crippen molar-refractivity contribution in [2.75, 3.05) is 13.6 Å². The molecule has 5 nitrogen and oxygen atoms in total. The molecule has 0 bridgehead atoms. The van der Waals surface area contributed by atoms with E-state index in [0.717, 1.165) is 6.42 Å². The van der Waals surface area contributed by atoms with E-state index in [1.54, 1.807) is 18.1 Å². The fourth-order valence-electron chi connectivity index (χ4n) is 1.50. The number of carbonyl (C=O) groups excluding carboxylic acids is 1. The van der Waals surface area contributed by atoms with E-state index in [0.29, 0.717) is 18.1 Å². The van der Waals surface area contributed by atoms with E-state index in [1.165, 1.54) is 5.01 Å². The Balaban J connectivity index is 5.12. The highest BCUT2D eigenvalue weighted by atomic mass is 16.6. The molecule has 5 heteroatoms. The topological polar surface area (TPSA) is 45.1 Å². The second kappa shape index (κ2) is 9.07. The van der Waals surface area contributed by atoms with Gasteiger partial charge in [-0.3, -0.25) is 5.01 Å². The molecule has 0 saturated heterocycles. The van der Waals surface area contributed by atoms with Crippen LogP contribution in [0.5, 0.6) is 0 Å². The third-order valence-corrected chi connectivity index (χ3v) is 2.59. The van der Waals surface area contributed by atoms with Crippen LogP contribution in [0, 0.1) is 0 Å². The van der Waals surface area contributed by atoms with Crippen LogP contribution < -0.4 is 0 Å². The number of hydrazine groups is 1. The quantitative estimate of drug-likeness (QED) is 0.252. The zero-order valence-corrected chi connectivity index (χ0v) is 14.7. The third-order valence-electron chi connectivity index (χ3n) is 2.59. The number of amides is 1. The van der Waals surface area contributed by atoms with Gasteiger partial charge in [0.05, 0.1) is 12.2 Å². The molecule has 0 aliphatic rings. The molecular weight excluding hydrogens is 278 g/mol. The Morgan fingerprint density at radius 2 is 1.95 bits per heavy atom. The molecule has 0 fully saturated rings. The minimum Gasteiger partial charge on any atom is -0.442 e. The highest BCUT2D eigenvalue weighted by Gasteiger charge is 2.24. The SMILES string of the molecule is C=CCN(C(=O)OC(C)(C)C)N(C)/C(C)=N/C(=C)/C=C/CC. The average molecular weight is 307 g/mol. The predicted octanol–water partition coefficient (Wildman–Crippen LogP) is 4.15. The van der Waals surface area contributed by atoms with Gasteiger partial charge in [0, 0.05) is 7.05 Å². The number of rotatable bonds is 5. The molecule has 1 amide bonds. The maximum atomic E-state index is 12.3. The zero-order chi connectivity index (χ0) is 17.3. The standard InChI is InChI=1S/C17H29N3O2/c1-9-11-12-14(3)18-15(4)19(8)20(13-10-2)16(21)22-17(5,6)7/h10-12H,2-3,9,13H2,1,4-8H3/b12-11+,18-15+. The van der Waals surface area contributed by atoms with Crippen molar-refractivity contribution in [1.29, 1.82) is 0 Å². The summed E-state index contributed by atoms with van der Waals surface area (Å²) in [5, 5.41) is 3.08. The van der Waals surface area contributed by atoms with Gasteiger partial charge in [-0.1, -0.05) is 25.7 Å². The molecule has 0 saturated carbocycles. The van der Waals surface area contributed by atoms with Crippen LogP contribution in [0.15, 0.2) is 42.1 Å². The summed E-state index contributed by atoms with van der Waals surface area (Å²) < 4.78 is 5.40. The second-order valence-corrected chi connectivity index (χ2v) is 5.84. The van der Waals surface area contributed by atoms with Crippen molar-refractivity contribution in [3.63, 3.8) is 0 Å². The normalized spacial score (nSPS) is 12.2. The summed E-state index contributed by atoms with van der Waals surface area (Å²) >= 11 is 0. The minimum absolute atomic E-state index is 0.329. The molecule has 0 radical (unpaired) electrons. The third kappa shape index (κ3) is 7.67. The lowest BCUT2D eigenvalue weighted by Gasteiger charge is -2.33. The number of ether oxygens (including phenoxy) is 1. The van der Waals surface area contributed by atoms with Gasteiger partial charge in [-0.25, -0.2) is 14.8 Å². The molecular formula is C17H29N3O2. The number of hydrogen-bond acceptors (Lipinski definition) is 3. The zero-order valence-electron chi connectivity index (χ0n) is 14.7. The van der Waals surface area contributed by atoms with Gasteiger partial charge in [-0.15, -0.1) is 6.58 Å². The summed E-state index contributed by atoms with van der Waals surface area (Å²) in [5.41, 5.74) is 0.0736. The highest BCUT2D eigenvalue weighted by molar-refractivity contribution is 5.83. The van der Waals surface area contributed by atoms with Gasteiger partial charge in [0.25, 0.3) is 0 Å². The molecule has 0 aromatic carbocycles. The van der Waals surface area contributed by atoms with E-state index in [1.807, 2.05) is 46.8 Å². The predicted molar refractivity (Wildman–Crippen MR) is 92.6 cm³/mol. The number of hydrogen-bond donors (Lipinski definition) is 0. The highest BCUT2D eigenvalue weighted by Crippen LogP contribution is 2.12. The second-order valence-electron chi connectivity index (χ2n) is 5.84. The Labute approximate surface area is 134 Å². The summed E-state index contributed by atoms with van der Waals surface area (Å²) in [6.07, 6.45) is 5.94. The largest absolute Gasteiger partial charge is 0.442 e. The molecule has 0 N–H and O–H groups in total. The van der Waals surface area contributed by atoms with E-state index in [2.05, 4.69) is 18.2 Å². The average Bonchev–Trinajstić information content (AvgIpc) is 2.39. The van der Waals surface area contributed by atoms with Crippen LogP contribution in [0.25, 0.3) is 0 Å². The number of carbonyl (C=O) groups is 1. The molecule has 22 heavy (non-hydrogen) atoms. The molecule has 0 spiro atoms. The van der Waals surface area contributed by atoms with Crippen LogP contribution in [-0.4, -0.2) is 41.1 Å². The van der Waals surface area contributed by atoms with Crippen molar-refractivity contribution >= 4 is 11.9 Å². The van der Waals surface area contributed by atoms with Crippen LogP contribution >= 0.6 is 0 Å². The number of nitrogens with zero attached hydrogens (tertiary/aromatic N) is 3. The van der Waals surface area contributed by atoms with Gasteiger partial charge in [0.1, 0.15) is 11.4 Å². The van der Waals surface area contributed by atoms with Gasteiger partial charge in [0.2, 0.25) is 0 Å². The van der Waals surface area contributed by atoms with Gasteiger partial charge in [-0.2, -0.15) is 0 Å². The summed E-state index contributed by atoms with van der Waals surface area (Å²) in [5.74, 6) is 0.637. The summed E-state index contributed by atoms with van der Waals surface area (Å²) in [4.78, 5) is 16.6. The summed E-state index contributed by atoms with van der Waals surface area (Å²) in [6.45, 7) is 17.2. The molecule has 124 valence electrons. The molecule has 0 atom stereocenters. The summed E-state index contributed by atoms with van der Waals surface area (Å²) in [6, 6.07) is 0. The van der Waals surface area contributed by atoms with Gasteiger partial charge in [0.15, 0.2) is 0 Å². The van der Waals surface area contributed by atoms with E-state index < -0.39 is 11.7 Å². The van der Waals surface area contributed by atoms with E-state index in [4.69, 9.17) is 4.74 Å². The Hall–Kier alpha value is -2.04. The van der Waals surface area contributed by atoms with Crippen molar-refractivity contribution in [2.45, 2.75) is 46.6 Å². The maximum absolute atomic E-state index is 12.3. The smallest absolute Gasteiger partial charge is 0.429 e. The maximum Gasteiger partial charge on any atom is 0.429 e. The van der Waals surface area contributed by atoms with Gasteiger partial charge < -0.3 is 4.74 Å². The van der Waals surface area contributed by atoms with Crippen molar-refractivity contribution in [1.82, 2.24) is 10.0 Å². The van der Waals surface area contributed by atoms with Gasteiger partial charge in [-0.05, 0) is 40.2 Å². The van der Waals surface area contributed by atoms with Crippen LogP contribution in [0.3, 0.4) is 0 Å². The Morgan fingerprint density at radius 1 is 1.36 bits per heavy atom. The van der Waals surface area contributed by atoms with Crippen molar-refractivity contribution < 1.29 is 9.53 Å². The lowest BCUT2D eigenvalue weighted by atomic mass is 10.2. The Morgan fingerprint density at radius 3 is 2.41 bits per heavy atom. The number of amidine groups is 1. The fourth-order valence-corrected chi connectivity index (χ4v) is 1.50. The number of aliphatic imine (C=N–C) groups is 1. The van der Waals surface area contributed by atoms with Gasteiger partial charge >= 0.3 is 6.09 Å². The Kier molecular flexibility index (Phi) is 8.23. The lowest BCUT2D eigenvalue weighted by Crippen LogP contribution is -2.48. The molecule has 0 aliphatic carbocycles. The van der Waals surface area contributed by atoms with E-state index in [-0.39, 0.29) is 0 Å². The van der Waals surface area contributed by atoms with Crippen molar-refractivity contribution in [3.8, 4) is 0 Å². The first-order valence-corrected chi connectivity index (χ1v) is 7.38. The lowest BCUT2D eigenvalue weighted by molar-refractivity contribution is -0.00870. The summed E-state index contributed by atoms with van der Waals surface area (Å²) in [7, 11) is 1.75. The molecule has 0 heterocycles. The molecule has 0 aromatic heterocycles.